The Labute approximate surface area is 143 Å². The first-order chi connectivity index (χ1) is 12.1. The molecule has 4 rings (SSSR count). The lowest BCUT2D eigenvalue weighted by atomic mass is 10.1. The van der Waals surface area contributed by atoms with Gasteiger partial charge in [-0.2, -0.15) is 9.97 Å². The van der Waals surface area contributed by atoms with Gasteiger partial charge in [0, 0.05) is 17.0 Å². The molecule has 1 aliphatic rings. The van der Waals surface area contributed by atoms with Crippen molar-refractivity contribution in [2.75, 3.05) is 5.73 Å². The molecule has 9 nitrogen and oxygen atoms in total. The maximum Gasteiger partial charge on any atom is 0.251 e. The van der Waals surface area contributed by atoms with Gasteiger partial charge >= 0.3 is 0 Å². The Kier molecular flexibility index (Phi) is 3.68. The highest BCUT2D eigenvalue weighted by molar-refractivity contribution is 5.94. The van der Waals surface area contributed by atoms with Crippen LogP contribution < -0.4 is 11.1 Å². The number of nitrogens with zero attached hydrogens (tertiary/aromatic N) is 4. The molecule has 0 radical (unpaired) electrons. The number of aromatic nitrogens is 5. The van der Waals surface area contributed by atoms with Crippen molar-refractivity contribution in [3.63, 3.8) is 0 Å². The SMILES string of the molecule is C[C@H](NC(=O)c1ccc(-c2noc(C3CC3)n2)cc1)c1nc(N)n[nH]1. The number of carbonyl (C=O) groups is 1. The van der Waals surface area contributed by atoms with Gasteiger partial charge in [0.2, 0.25) is 17.7 Å². The summed E-state index contributed by atoms with van der Waals surface area (Å²) in [7, 11) is 0. The molecule has 128 valence electrons. The average Bonchev–Trinajstić information content (AvgIpc) is 3.18. The summed E-state index contributed by atoms with van der Waals surface area (Å²) in [5.74, 6) is 2.07. The molecule has 0 saturated heterocycles. The van der Waals surface area contributed by atoms with Crippen LogP contribution >= 0.6 is 0 Å². The van der Waals surface area contributed by atoms with Crippen LogP contribution in [-0.4, -0.2) is 31.2 Å². The van der Waals surface area contributed by atoms with Gasteiger partial charge in [-0.25, -0.2) is 0 Å². The molecule has 25 heavy (non-hydrogen) atoms. The van der Waals surface area contributed by atoms with Gasteiger partial charge in [0.25, 0.3) is 5.91 Å². The largest absolute Gasteiger partial charge is 0.367 e. The van der Waals surface area contributed by atoms with Crippen LogP contribution in [0.25, 0.3) is 11.4 Å². The molecule has 1 aromatic carbocycles. The van der Waals surface area contributed by atoms with Gasteiger partial charge in [0.1, 0.15) is 5.82 Å². The molecule has 1 fully saturated rings. The van der Waals surface area contributed by atoms with Crippen LogP contribution in [0.3, 0.4) is 0 Å². The Bertz CT molecular complexity index is 895. The zero-order valence-corrected chi connectivity index (χ0v) is 13.6. The Morgan fingerprint density at radius 1 is 1.32 bits per heavy atom. The molecule has 4 N–H and O–H groups in total. The normalized spacial score (nSPS) is 15.1. The first-order valence-electron chi connectivity index (χ1n) is 8.03. The quantitative estimate of drug-likeness (QED) is 0.645. The van der Waals surface area contributed by atoms with Crippen molar-refractivity contribution in [1.29, 1.82) is 0 Å². The topological polar surface area (TPSA) is 136 Å². The van der Waals surface area contributed by atoms with Crippen molar-refractivity contribution in [2.24, 2.45) is 0 Å². The summed E-state index contributed by atoms with van der Waals surface area (Å²) in [6.45, 7) is 1.80. The number of amides is 1. The van der Waals surface area contributed by atoms with E-state index in [0.717, 1.165) is 18.4 Å². The number of carbonyl (C=O) groups excluding carboxylic acids is 1. The lowest BCUT2D eigenvalue weighted by Crippen LogP contribution is -2.27. The molecule has 0 unspecified atom stereocenters. The summed E-state index contributed by atoms with van der Waals surface area (Å²) < 4.78 is 5.26. The minimum absolute atomic E-state index is 0.145. The lowest BCUT2D eigenvalue weighted by molar-refractivity contribution is 0.0938. The third-order valence-electron chi connectivity index (χ3n) is 4.05. The lowest BCUT2D eigenvalue weighted by Gasteiger charge is -2.11. The van der Waals surface area contributed by atoms with Crippen LogP contribution in [0.5, 0.6) is 0 Å². The van der Waals surface area contributed by atoms with E-state index in [1.807, 2.05) is 0 Å². The highest BCUT2D eigenvalue weighted by atomic mass is 16.5. The smallest absolute Gasteiger partial charge is 0.251 e. The van der Waals surface area contributed by atoms with Gasteiger partial charge in [-0.1, -0.05) is 17.3 Å². The van der Waals surface area contributed by atoms with Crippen LogP contribution in [0.4, 0.5) is 5.95 Å². The van der Waals surface area contributed by atoms with E-state index in [9.17, 15) is 4.79 Å². The van der Waals surface area contributed by atoms with Crippen LogP contribution in [0, 0.1) is 0 Å². The minimum Gasteiger partial charge on any atom is -0.367 e. The number of nitrogen functional groups attached to an aromatic ring is 1. The summed E-state index contributed by atoms with van der Waals surface area (Å²) >= 11 is 0. The summed E-state index contributed by atoms with van der Waals surface area (Å²) in [5.41, 5.74) is 6.80. The van der Waals surface area contributed by atoms with Gasteiger partial charge in [0.05, 0.1) is 6.04 Å². The fourth-order valence-corrected chi connectivity index (χ4v) is 2.45. The van der Waals surface area contributed by atoms with Gasteiger partial charge in [-0.05, 0) is 31.9 Å². The predicted octanol–water partition coefficient (Wildman–Crippen LogP) is 1.81. The summed E-state index contributed by atoms with van der Waals surface area (Å²) in [6, 6.07) is 6.70. The zero-order valence-electron chi connectivity index (χ0n) is 13.6. The van der Waals surface area contributed by atoms with Gasteiger partial charge < -0.3 is 15.6 Å². The van der Waals surface area contributed by atoms with Crippen molar-refractivity contribution < 1.29 is 9.32 Å². The second-order valence-electron chi connectivity index (χ2n) is 6.08. The summed E-state index contributed by atoms with van der Waals surface area (Å²) in [4.78, 5) is 20.7. The van der Waals surface area contributed by atoms with Crippen LogP contribution in [0.1, 0.15) is 53.8 Å². The molecular formula is C16H17N7O2. The average molecular weight is 339 g/mol. The van der Waals surface area contributed by atoms with E-state index < -0.39 is 0 Å². The Morgan fingerprint density at radius 3 is 2.72 bits per heavy atom. The Balaban J connectivity index is 1.44. The summed E-state index contributed by atoms with van der Waals surface area (Å²) in [5, 5.41) is 13.3. The van der Waals surface area contributed by atoms with Gasteiger partial charge in [0.15, 0.2) is 0 Å². The summed E-state index contributed by atoms with van der Waals surface area (Å²) in [6.07, 6.45) is 2.21. The first-order valence-corrected chi connectivity index (χ1v) is 8.03. The molecule has 9 heteroatoms. The number of hydrogen-bond acceptors (Lipinski definition) is 7. The van der Waals surface area contributed by atoms with Crippen LogP contribution in [0.15, 0.2) is 28.8 Å². The number of rotatable bonds is 5. The second kappa shape index (κ2) is 6.00. The van der Waals surface area contributed by atoms with Crippen molar-refractivity contribution in [1.82, 2.24) is 30.6 Å². The van der Waals surface area contributed by atoms with E-state index in [4.69, 9.17) is 10.3 Å². The molecule has 0 aliphatic heterocycles. The maximum atomic E-state index is 12.3. The molecule has 1 aliphatic carbocycles. The van der Waals surface area contributed by atoms with Crippen molar-refractivity contribution >= 4 is 11.9 Å². The number of nitrogens with one attached hydrogen (secondary N) is 2. The van der Waals surface area contributed by atoms with E-state index in [-0.39, 0.29) is 17.9 Å². The molecule has 2 heterocycles. The van der Waals surface area contributed by atoms with E-state index in [2.05, 4.69) is 30.6 Å². The molecular weight excluding hydrogens is 322 g/mol. The Hall–Kier alpha value is -3.23. The molecule has 2 aromatic heterocycles. The van der Waals surface area contributed by atoms with E-state index in [1.165, 1.54) is 0 Å². The predicted molar refractivity (Wildman–Crippen MR) is 88.4 cm³/mol. The van der Waals surface area contributed by atoms with Crippen molar-refractivity contribution in [2.45, 2.75) is 31.7 Å². The fraction of sp³-hybridized carbons (Fsp3) is 0.312. The van der Waals surface area contributed by atoms with Crippen LogP contribution in [-0.2, 0) is 0 Å². The van der Waals surface area contributed by atoms with E-state index in [1.54, 1.807) is 31.2 Å². The Morgan fingerprint density at radius 2 is 2.08 bits per heavy atom. The number of anilines is 1. The third-order valence-corrected chi connectivity index (χ3v) is 4.05. The zero-order chi connectivity index (χ0) is 17.4. The molecule has 1 atom stereocenters. The number of nitrogens with two attached hydrogens (primary N) is 1. The van der Waals surface area contributed by atoms with Gasteiger partial charge in [-0.15, -0.1) is 5.10 Å². The third kappa shape index (κ3) is 3.21. The molecule has 1 amide bonds. The second-order valence-corrected chi connectivity index (χ2v) is 6.08. The van der Waals surface area contributed by atoms with Crippen molar-refractivity contribution in [3.05, 3.63) is 41.5 Å². The number of hydrogen-bond donors (Lipinski definition) is 3. The van der Waals surface area contributed by atoms with Crippen LogP contribution in [0.2, 0.25) is 0 Å². The fourth-order valence-electron chi connectivity index (χ4n) is 2.45. The van der Waals surface area contributed by atoms with Gasteiger partial charge in [-0.3, -0.25) is 9.89 Å². The van der Waals surface area contributed by atoms with E-state index >= 15 is 0 Å². The molecule has 3 aromatic rings. The minimum atomic E-state index is -0.338. The molecule has 1 saturated carbocycles. The highest BCUT2D eigenvalue weighted by Gasteiger charge is 2.29. The molecule has 0 bridgehead atoms. The maximum absolute atomic E-state index is 12.3. The highest BCUT2D eigenvalue weighted by Crippen LogP contribution is 2.39. The molecule has 0 spiro atoms. The monoisotopic (exact) mass is 339 g/mol. The number of aromatic amines is 1. The van der Waals surface area contributed by atoms with E-state index in [0.29, 0.717) is 29.0 Å². The number of benzene rings is 1. The number of H-pyrrole nitrogens is 1. The van der Waals surface area contributed by atoms with Crippen molar-refractivity contribution in [3.8, 4) is 11.4 Å². The first kappa shape index (κ1) is 15.3. The standard InChI is InChI=1S/C16H17N7O2/c1-8(12-20-16(17)22-21-12)18-14(24)10-4-2-9(3-5-10)13-19-15(25-23-13)11-6-7-11/h2-5,8,11H,6-7H2,1H3,(H,18,24)(H3,17,20,21,22)/t8-/m0/s1.